The van der Waals surface area contributed by atoms with Crippen LogP contribution in [0.5, 0.6) is 0 Å². The lowest BCUT2D eigenvalue weighted by atomic mass is 9.95. The normalized spacial score (nSPS) is 23.6. The Morgan fingerprint density at radius 1 is 1.18 bits per heavy atom. The molecule has 0 fully saturated rings. The molecule has 0 aliphatic carbocycles. The monoisotopic (exact) mass is 351 g/mol. The van der Waals surface area contributed by atoms with Crippen molar-refractivity contribution in [3.05, 3.63) is 0 Å². The molecule has 4 heteroatoms. The van der Waals surface area contributed by atoms with Gasteiger partial charge in [0.1, 0.15) is 0 Å². The molecule has 0 aromatic rings. The lowest BCUT2D eigenvalue weighted by molar-refractivity contribution is 0.131. The van der Waals surface area contributed by atoms with E-state index >= 15 is 0 Å². The molecule has 1 aliphatic rings. The zero-order valence-electron chi connectivity index (χ0n) is 11.3. The molecular formula is C13H26IN3. The van der Waals surface area contributed by atoms with Crippen molar-refractivity contribution in [2.45, 2.75) is 64.3 Å². The topological polar surface area (TPSA) is 28.0 Å². The van der Waals surface area contributed by atoms with Gasteiger partial charge >= 0.3 is 0 Å². The molecule has 0 amide bonds. The van der Waals surface area contributed by atoms with Gasteiger partial charge < -0.3 is 0 Å². The molecule has 1 unspecified atom stereocenters. The van der Waals surface area contributed by atoms with Crippen molar-refractivity contribution in [3.63, 3.8) is 0 Å². The molecule has 1 heterocycles. The predicted molar refractivity (Wildman–Crippen MR) is 81.7 cm³/mol. The minimum Gasteiger partial charge on any atom is -0.271 e. The summed E-state index contributed by atoms with van der Waals surface area (Å²) < 4.78 is 1.30. The Labute approximate surface area is 120 Å². The van der Waals surface area contributed by atoms with Crippen LogP contribution >= 0.6 is 22.6 Å². The third kappa shape index (κ3) is 5.10. The van der Waals surface area contributed by atoms with Crippen molar-refractivity contribution < 1.29 is 0 Å². The van der Waals surface area contributed by atoms with Gasteiger partial charge in [-0.15, -0.1) is 0 Å². The van der Waals surface area contributed by atoms with E-state index in [2.05, 4.69) is 51.8 Å². The van der Waals surface area contributed by atoms with E-state index in [1.54, 1.807) is 0 Å². The summed E-state index contributed by atoms with van der Waals surface area (Å²) in [4.78, 5) is 0. The number of alkyl halides is 1. The SMILES string of the molecule is CCCC1(C)CN=NN1CCCCCCCI. The van der Waals surface area contributed by atoms with Gasteiger partial charge in [-0.3, -0.25) is 5.01 Å². The second kappa shape index (κ2) is 8.27. The lowest BCUT2D eigenvalue weighted by Crippen LogP contribution is -2.42. The second-order valence-electron chi connectivity index (χ2n) is 5.22. The summed E-state index contributed by atoms with van der Waals surface area (Å²) in [5.74, 6) is 0. The molecule has 0 radical (unpaired) electrons. The van der Waals surface area contributed by atoms with Crippen LogP contribution in [0.2, 0.25) is 0 Å². The largest absolute Gasteiger partial charge is 0.271 e. The van der Waals surface area contributed by atoms with Crippen LogP contribution in [0.25, 0.3) is 0 Å². The summed E-state index contributed by atoms with van der Waals surface area (Å²) in [5, 5.41) is 10.7. The van der Waals surface area contributed by atoms with E-state index in [1.807, 2.05) is 0 Å². The Bertz CT molecular complexity index is 233. The molecule has 0 aromatic heterocycles. The highest BCUT2D eigenvalue weighted by Crippen LogP contribution is 2.27. The average molecular weight is 351 g/mol. The van der Waals surface area contributed by atoms with Crippen LogP contribution in [0, 0.1) is 0 Å². The zero-order valence-corrected chi connectivity index (χ0v) is 13.4. The first-order valence-corrected chi connectivity index (χ1v) is 8.46. The van der Waals surface area contributed by atoms with Crippen LogP contribution in [0.15, 0.2) is 10.3 Å². The van der Waals surface area contributed by atoms with Crippen LogP contribution < -0.4 is 0 Å². The highest BCUT2D eigenvalue weighted by Gasteiger charge is 2.34. The Morgan fingerprint density at radius 2 is 1.88 bits per heavy atom. The van der Waals surface area contributed by atoms with Gasteiger partial charge in [0.05, 0.1) is 12.1 Å². The van der Waals surface area contributed by atoms with Crippen LogP contribution in [0.4, 0.5) is 0 Å². The second-order valence-corrected chi connectivity index (χ2v) is 6.29. The maximum Gasteiger partial charge on any atom is 0.0866 e. The van der Waals surface area contributed by atoms with Crippen molar-refractivity contribution in [1.29, 1.82) is 0 Å². The van der Waals surface area contributed by atoms with E-state index in [1.165, 1.54) is 49.4 Å². The number of halogens is 1. The Morgan fingerprint density at radius 3 is 2.59 bits per heavy atom. The van der Waals surface area contributed by atoms with E-state index in [-0.39, 0.29) is 5.54 Å². The van der Waals surface area contributed by atoms with Crippen molar-refractivity contribution >= 4 is 22.6 Å². The fourth-order valence-corrected chi connectivity index (χ4v) is 2.94. The van der Waals surface area contributed by atoms with Crippen molar-refractivity contribution in [1.82, 2.24) is 5.01 Å². The van der Waals surface area contributed by atoms with Gasteiger partial charge in [0.25, 0.3) is 0 Å². The summed E-state index contributed by atoms with van der Waals surface area (Å²) in [6, 6.07) is 0. The van der Waals surface area contributed by atoms with E-state index in [4.69, 9.17) is 0 Å². The maximum absolute atomic E-state index is 4.30. The van der Waals surface area contributed by atoms with E-state index in [0.717, 1.165) is 13.1 Å². The molecule has 0 spiro atoms. The van der Waals surface area contributed by atoms with Gasteiger partial charge in [0, 0.05) is 6.54 Å². The number of hydrogen-bond acceptors (Lipinski definition) is 3. The first kappa shape index (κ1) is 15.2. The van der Waals surface area contributed by atoms with Gasteiger partial charge in [-0.05, 0) is 30.6 Å². The van der Waals surface area contributed by atoms with E-state index in [9.17, 15) is 0 Å². The van der Waals surface area contributed by atoms with E-state index < -0.39 is 0 Å². The van der Waals surface area contributed by atoms with Crippen molar-refractivity contribution in [3.8, 4) is 0 Å². The van der Waals surface area contributed by atoms with Crippen LogP contribution in [0.3, 0.4) is 0 Å². The molecule has 17 heavy (non-hydrogen) atoms. The minimum atomic E-state index is 0.205. The van der Waals surface area contributed by atoms with Crippen LogP contribution in [-0.2, 0) is 0 Å². The molecule has 0 N–H and O–H groups in total. The average Bonchev–Trinajstić information content (AvgIpc) is 2.65. The first-order chi connectivity index (χ1) is 8.23. The third-order valence-corrected chi connectivity index (χ3v) is 4.26. The summed E-state index contributed by atoms with van der Waals surface area (Å²) in [6.45, 7) is 6.51. The fraction of sp³-hybridized carbons (Fsp3) is 1.00. The summed E-state index contributed by atoms with van der Waals surface area (Å²) >= 11 is 2.46. The van der Waals surface area contributed by atoms with Gasteiger partial charge in [-0.2, -0.15) is 5.11 Å². The molecule has 100 valence electrons. The molecule has 1 rings (SSSR count). The molecule has 1 aliphatic heterocycles. The number of nitrogens with zero attached hydrogens (tertiary/aromatic N) is 3. The summed E-state index contributed by atoms with van der Waals surface area (Å²) in [7, 11) is 0. The smallest absolute Gasteiger partial charge is 0.0866 e. The van der Waals surface area contributed by atoms with E-state index in [0.29, 0.717) is 0 Å². The standard InChI is InChI=1S/C13H26IN3/c1-3-9-13(2)12-15-16-17(13)11-8-6-4-5-7-10-14/h3-12H2,1-2H3. The lowest BCUT2D eigenvalue weighted by Gasteiger charge is -2.32. The number of rotatable bonds is 9. The Hall–Kier alpha value is 0.130. The predicted octanol–water partition coefficient (Wildman–Crippen LogP) is 4.61. The molecule has 0 bridgehead atoms. The number of unbranched alkanes of at least 4 members (excludes halogenated alkanes) is 4. The van der Waals surface area contributed by atoms with Crippen LogP contribution in [0.1, 0.15) is 58.8 Å². The first-order valence-electron chi connectivity index (χ1n) is 6.94. The Kier molecular flexibility index (Phi) is 7.39. The Balaban J connectivity index is 2.15. The van der Waals surface area contributed by atoms with Gasteiger partial charge in [-0.25, -0.2) is 0 Å². The summed E-state index contributed by atoms with van der Waals surface area (Å²) in [6.07, 6.45) is 9.15. The fourth-order valence-electron chi connectivity index (χ4n) is 2.40. The van der Waals surface area contributed by atoms with Gasteiger partial charge in [0.2, 0.25) is 0 Å². The minimum absolute atomic E-state index is 0.205. The molecular weight excluding hydrogens is 325 g/mol. The number of hydrogen-bond donors (Lipinski definition) is 0. The van der Waals surface area contributed by atoms with Crippen molar-refractivity contribution in [2.75, 3.05) is 17.5 Å². The van der Waals surface area contributed by atoms with Crippen molar-refractivity contribution in [2.24, 2.45) is 10.3 Å². The quantitative estimate of drug-likeness (QED) is 0.339. The third-order valence-electron chi connectivity index (χ3n) is 3.50. The van der Waals surface area contributed by atoms with Crippen LogP contribution in [-0.4, -0.2) is 28.1 Å². The molecule has 3 nitrogen and oxygen atoms in total. The molecule has 0 saturated heterocycles. The van der Waals surface area contributed by atoms with Gasteiger partial charge in [0.15, 0.2) is 0 Å². The highest BCUT2D eigenvalue weighted by atomic mass is 127. The molecule has 0 aromatic carbocycles. The molecule has 1 atom stereocenters. The highest BCUT2D eigenvalue weighted by molar-refractivity contribution is 14.1. The maximum atomic E-state index is 4.30. The molecule has 0 saturated carbocycles. The van der Waals surface area contributed by atoms with Gasteiger partial charge in [-0.1, -0.05) is 60.4 Å². The summed E-state index contributed by atoms with van der Waals surface area (Å²) in [5.41, 5.74) is 0.205. The zero-order chi connectivity index (χ0) is 12.6.